The molecule has 5 bridgehead atoms. The van der Waals surface area contributed by atoms with Gasteiger partial charge in [0.1, 0.15) is 17.9 Å². The molecule has 2 N–H and O–H groups in total. The molecular formula is C32H43N5O4. The van der Waals surface area contributed by atoms with E-state index in [9.17, 15) is 19.2 Å². The van der Waals surface area contributed by atoms with Gasteiger partial charge in [0.25, 0.3) is 5.91 Å². The van der Waals surface area contributed by atoms with Gasteiger partial charge in [0.2, 0.25) is 11.8 Å². The van der Waals surface area contributed by atoms with Gasteiger partial charge in [0.05, 0.1) is 17.3 Å². The highest BCUT2D eigenvalue weighted by Gasteiger charge is 2.36. The average molecular weight is 562 g/mol. The van der Waals surface area contributed by atoms with Crippen LogP contribution in [-0.2, 0) is 19.2 Å². The Hall–Kier alpha value is -3.59. The van der Waals surface area contributed by atoms with Gasteiger partial charge < -0.3 is 10.2 Å². The van der Waals surface area contributed by atoms with Crippen LogP contribution in [0.1, 0.15) is 78.1 Å². The summed E-state index contributed by atoms with van der Waals surface area (Å²) in [7, 11) is 1.75. The Labute approximate surface area is 242 Å². The molecule has 41 heavy (non-hydrogen) atoms. The number of nitrogens with zero attached hydrogens (tertiary/aromatic N) is 3. The topological polar surface area (TPSA) is 112 Å². The Bertz CT molecular complexity index is 1370. The highest BCUT2D eigenvalue weighted by molar-refractivity contribution is 5.94. The summed E-state index contributed by atoms with van der Waals surface area (Å²) in [5.41, 5.74) is 4.76. The fraction of sp³-hybridized carbons (Fsp3) is 0.531. The lowest BCUT2D eigenvalue weighted by molar-refractivity contribution is -0.146. The van der Waals surface area contributed by atoms with Crippen LogP contribution in [0, 0.1) is 17.3 Å². The van der Waals surface area contributed by atoms with Crippen molar-refractivity contribution in [2.24, 2.45) is 17.3 Å². The molecule has 3 heterocycles. The van der Waals surface area contributed by atoms with E-state index in [1.54, 1.807) is 18.9 Å². The van der Waals surface area contributed by atoms with E-state index in [1.165, 1.54) is 5.01 Å². The number of allylic oxidation sites excluding steroid dienone is 1. The van der Waals surface area contributed by atoms with Crippen molar-refractivity contribution >= 4 is 40.5 Å². The van der Waals surface area contributed by atoms with Crippen molar-refractivity contribution in [1.29, 1.82) is 0 Å². The first kappa shape index (κ1) is 30.4. The maximum absolute atomic E-state index is 13.5. The van der Waals surface area contributed by atoms with Gasteiger partial charge in [-0.15, -0.1) is 0 Å². The zero-order chi connectivity index (χ0) is 30.1. The van der Waals surface area contributed by atoms with Crippen molar-refractivity contribution < 1.29 is 19.2 Å². The number of Topliss-reactive ketones (excluding diaryl/α,β-unsaturated/α-hetero) is 1. The molecule has 3 amide bonds. The van der Waals surface area contributed by atoms with Crippen LogP contribution in [0.3, 0.4) is 0 Å². The first-order chi connectivity index (χ1) is 19.3. The standard InChI is InChI=1S/C32H43N5O4/c1-19(2)24-18-28(38)32(5,6)15-14-22-10-11-23-12-13-25(34-27(23)17-22)21(4)36(7)31(41)26-9-8-16-37(35-26)30(40)20(3)33-29(24)39/h10-15,17,19-21,24,26,35H,8-9,16,18H2,1-7H3,(H,33,39)/b15-14+/t20-,21+,24-,26-/m0/s1. The molecule has 0 saturated carbocycles. The molecule has 1 aromatic heterocycles. The molecule has 1 saturated heterocycles. The summed E-state index contributed by atoms with van der Waals surface area (Å²) in [5, 5.41) is 5.25. The SMILES string of the molecule is CC(C)[C@@H]1CC(=O)C(C)(C)/C=C/c2ccc3ccc(nc3c2)[C@@H](C)N(C)C(=O)[C@@H]2CCCN(N2)C(=O)[C@H](C)NC1=O. The maximum Gasteiger partial charge on any atom is 0.258 e. The third-order valence-electron chi connectivity index (χ3n) is 8.53. The largest absolute Gasteiger partial charge is 0.344 e. The Kier molecular flexibility index (Phi) is 8.97. The number of carbonyl (C=O) groups is 4. The number of carbonyl (C=O) groups excluding carboxylic acids is 4. The minimum absolute atomic E-state index is 0.0513. The molecular weight excluding hydrogens is 518 g/mol. The Balaban J connectivity index is 1.73. The molecule has 220 valence electrons. The molecule has 1 aromatic carbocycles. The molecule has 2 aromatic rings. The quantitative estimate of drug-likeness (QED) is 0.544. The van der Waals surface area contributed by atoms with E-state index in [0.717, 1.165) is 22.2 Å². The van der Waals surface area contributed by atoms with Gasteiger partial charge in [-0.05, 0) is 64.2 Å². The summed E-state index contributed by atoms with van der Waals surface area (Å²) >= 11 is 0. The number of pyridine rings is 1. The molecule has 4 rings (SSSR count). The minimum atomic E-state index is -0.818. The summed E-state index contributed by atoms with van der Waals surface area (Å²) in [6.07, 6.45) is 5.10. The number of benzene rings is 1. The second-order valence-electron chi connectivity index (χ2n) is 12.4. The van der Waals surface area contributed by atoms with Crippen molar-refractivity contribution in [2.75, 3.05) is 13.6 Å². The summed E-state index contributed by atoms with van der Waals surface area (Å²) < 4.78 is 0. The summed E-state index contributed by atoms with van der Waals surface area (Å²) in [6, 6.07) is 8.20. The number of hydrazine groups is 1. The van der Waals surface area contributed by atoms with Crippen molar-refractivity contribution in [3.05, 3.63) is 47.7 Å². The van der Waals surface area contributed by atoms with Crippen LogP contribution in [-0.4, -0.2) is 64.1 Å². The number of aromatic nitrogens is 1. The fourth-order valence-electron chi connectivity index (χ4n) is 5.35. The predicted octanol–water partition coefficient (Wildman–Crippen LogP) is 4.04. The van der Waals surface area contributed by atoms with Gasteiger partial charge in [-0.25, -0.2) is 5.43 Å². The Morgan fingerprint density at radius 2 is 1.73 bits per heavy atom. The predicted molar refractivity (Wildman–Crippen MR) is 159 cm³/mol. The summed E-state index contributed by atoms with van der Waals surface area (Å²) in [5.74, 6) is -1.51. The van der Waals surface area contributed by atoms with Crippen molar-refractivity contribution in [2.45, 2.75) is 78.9 Å². The first-order valence-corrected chi connectivity index (χ1v) is 14.6. The van der Waals surface area contributed by atoms with Gasteiger partial charge in [-0.1, -0.05) is 44.2 Å². The van der Waals surface area contributed by atoms with Crippen molar-refractivity contribution in [1.82, 2.24) is 25.6 Å². The maximum atomic E-state index is 13.5. The van der Waals surface area contributed by atoms with E-state index in [1.807, 2.05) is 77.1 Å². The van der Waals surface area contributed by atoms with Gasteiger partial charge in [0.15, 0.2) is 0 Å². The lowest BCUT2D eigenvalue weighted by Crippen LogP contribution is -2.61. The van der Waals surface area contributed by atoms with Gasteiger partial charge in [0, 0.05) is 36.7 Å². The number of rotatable bonds is 1. The van der Waals surface area contributed by atoms with E-state index < -0.39 is 23.4 Å². The highest BCUT2D eigenvalue weighted by atomic mass is 16.2. The molecule has 9 nitrogen and oxygen atoms in total. The molecule has 2 aliphatic heterocycles. The Morgan fingerprint density at radius 1 is 1.02 bits per heavy atom. The van der Waals surface area contributed by atoms with Crippen LogP contribution in [0.2, 0.25) is 0 Å². The zero-order valence-corrected chi connectivity index (χ0v) is 25.2. The van der Waals surface area contributed by atoms with Crippen LogP contribution < -0.4 is 10.7 Å². The lowest BCUT2D eigenvalue weighted by atomic mass is 9.79. The molecule has 9 heteroatoms. The van der Waals surface area contributed by atoms with E-state index >= 15 is 0 Å². The first-order valence-electron chi connectivity index (χ1n) is 14.6. The van der Waals surface area contributed by atoms with Gasteiger partial charge in [-0.3, -0.25) is 29.2 Å². The lowest BCUT2D eigenvalue weighted by Gasteiger charge is -2.37. The van der Waals surface area contributed by atoms with E-state index in [4.69, 9.17) is 4.98 Å². The van der Waals surface area contributed by atoms with Crippen molar-refractivity contribution in [3.8, 4) is 0 Å². The number of hydrogen-bond acceptors (Lipinski definition) is 6. The third-order valence-corrected chi connectivity index (χ3v) is 8.53. The summed E-state index contributed by atoms with van der Waals surface area (Å²) in [6.45, 7) is 11.5. The van der Waals surface area contributed by atoms with Crippen LogP contribution in [0.15, 0.2) is 36.4 Å². The number of amides is 3. The number of likely N-dealkylation sites (N-methyl/N-ethyl adjacent to an activating group) is 1. The fourth-order valence-corrected chi connectivity index (χ4v) is 5.35. The average Bonchev–Trinajstić information content (AvgIpc) is 2.95. The Morgan fingerprint density at radius 3 is 2.44 bits per heavy atom. The molecule has 0 aliphatic carbocycles. The molecule has 1 fully saturated rings. The number of ketones is 1. The molecule has 4 atom stereocenters. The molecule has 0 radical (unpaired) electrons. The number of fused-ring (bicyclic) bond motifs is 4. The van der Waals surface area contributed by atoms with Crippen LogP contribution in [0.5, 0.6) is 0 Å². The number of hydrogen-bond donors (Lipinski definition) is 2. The third kappa shape index (κ3) is 6.67. The van der Waals surface area contributed by atoms with Crippen LogP contribution in [0.25, 0.3) is 17.0 Å². The second-order valence-corrected chi connectivity index (χ2v) is 12.4. The summed E-state index contributed by atoms with van der Waals surface area (Å²) in [4.78, 5) is 60.2. The molecule has 2 aliphatic rings. The van der Waals surface area contributed by atoms with E-state index in [0.29, 0.717) is 19.4 Å². The van der Waals surface area contributed by atoms with Crippen LogP contribution >= 0.6 is 0 Å². The van der Waals surface area contributed by atoms with E-state index in [-0.39, 0.29) is 41.9 Å². The van der Waals surface area contributed by atoms with Gasteiger partial charge in [-0.2, -0.15) is 0 Å². The number of nitrogens with one attached hydrogen (secondary N) is 2. The van der Waals surface area contributed by atoms with Gasteiger partial charge >= 0.3 is 0 Å². The monoisotopic (exact) mass is 561 g/mol. The van der Waals surface area contributed by atoms with Crippen LogP contribution in [0.4, 0.5) is 0 Å². The highest BCUT2D eigenvalue weighted by Crippen LogP contribution is 2.28. The molecule has 0 unspecified atom stereocenters. The van der Waals surface area contributed by atoms with E-state index in [2.05, 4.69) is 10.7 Å². The second kappa shape index (κ2) is 12.1. The van der Waals surface area contributed by atoms with Crippen molar-refractivity contribution in [3.63, 3.8) is 0 Å². The molecule has 0 spiro atoms. The zero-order valence-electron chi connectivity index (χ0n) is 25.2. The minimum Gasteiger partial charge on any atom is -0.344 e. The smallest absolute Gasteiger partial charge is 0.258 e. The normalized spacial score (nSPS) is 27.3.